The lowest BCUT2D eigenvalue weighted by Crippen LogP contribution is -2.48. The molecule has 0 saturated heterocycles. The molecule has 3 aromatic rings. The predicted octanol–water partition coefficient (Wildman–Crippen LogP) is 5.80. The maximum atomic E-state index is 10.5. The Hall–Kier alpha value is -2.82. The van der Waals surface area contributed by atoms with Gasteiger partial charge in [-0.25, -0.2) is 0 Å². The molecule has 0 spiro atoms. The van der Waals surface area contributed by atoms with Crippen LogP contribution in [-0.4, -0.2) is 23.8 Å². The summed E-state index contributed by atoms with van der Waals surface area (Å²) in [5.74, 6) is 2.20. The van der Waals surface area contributed by atoms with Gasteiger partial charge in [0.1, 0.15) is 11.5 Å². The molecule has 0 amide bonds. The average Bonchev–Trinajstić information content (AvgIpc) is 3.12. The molecule has 0 radical (unpaired) electrons. The topological polar surface area (TPSA) is 38.7 Å². The van der Waals surface area contributed by atoms with Crippen molar-refractivity contribution in [3.8, 4) is 5.75 Å². The van der Waals surface area contributed by atoms with Crippen LogP contribution in [0.25, 0.3) is 10.8 Å². The number of aliphatic hydroxyl groups is 1. The van der Waals surface area contributed by atoms with Crippen molar-refractivity contribution in [2.75, 3.05) is 0 Å². The van der Waals surface area contributed by atoms with E-state index in [9.17, 15) is 5.11 Å². The molecule has 0 aromatic heterocycles. The predicted molar refractivity (Wildman–Crippen MR) is 131 cm³/mol. The lowest BCUT2D eigenvalue weighted by molar-refractivity contribution is -0.0896. The van der Waals surface area contributed by atoms with Gasteiger partial charge in [0.05, 0.1) is 17.1 Å². The smallest absolute Gasteiger partial charge is 0.309 e. The van der Waals surface area contributed by atoms with Crippen LogP contribution in [-0.2, 0) is 4.65 Å². The molecule has 0 bridgehead atoms. The number of ether oxygens (including phenoxy) is 1. The standard InChI is InChI=1S/C28H29BO3/c1-27(2,30)28(3,4)32-29-21-16-22(18-10-6-5-7-11-18)26-23-14-19-12-8-9-13-20(19)15-24(23)31-25(26)17-21/h5-17,22,26,29-30H,1-4H3. The molecule has 3 aromatic carbocycles. The number of hydrogen-bond acceptors (Lipinski definition) is 3. The highest BCUT2D eigenvalue weighted by Gasteiger charge is 2.40. The summed E-state index contributed by atoms with van der Waals surface area (Å²) >= 11 is 0. The number of allylic oxidation sites excluding steroid dienone is 4. The number of rotatable bonds is 5. The summed E-state index contributed by atoms with van der Waals surface area (Å²) < 4.78 is 12.6. The van der Waals surface area contributed by atoms with Gasteiger partial charge in [0, 0.05) is 11.5 Å². The molecule has 1 heterocycles. The second-order valence-corrected chi connectivity index (χ2v) is 9.90. The molecule has 2 atom stereocenters. The molecule has 32 heavy (non-hydrogen) atoms. The maximum absolute atomic E-state index is 10.5. The van der Waals surface area contributed by atoms with Gasteiger partial charge in [0.25, 0.3) is 0 Å². The van der Waals surface area contributed by atoms with Gasteiger partial charge in [-0.3, -0.25) is 0 Å². The molecular formula is C28H29BO3. The third-order valence-corrected chi connectivity index (χ3v) is 7.09. The second kappa shape index (κ2) is 7.65. The zero-order valence-corrected chi connectivity index (χ0v) is 19.1. The molecule has 3 nitrogen and oxygen atoms in total. The Kier molecular flexibility index (Phi) is 5.03. The molecule has 2 aliphatic rings. The van der Waals surface area contributed by atoms with Crippen molar-refractivity contribution in [2.45, 2.75) is 50.7 Å². The van der Waals surface area contributed by atoms with Crippen LogP contribution < -0.4 is 4.74 Å². The minimum Gasteiger partial charge on any atom is -0.461 e. The first-order chi connectivity index (χ1) is 15.2. The van der Waals surface area contributed by atoms with Crippen LogP contribution in [0.15, 0.2) is 90.1 Å². The Labute approximate surface area is 190 Å². The summed E-state index contributed by atoms with van der Waals surface area (Å²) in [4.78, 5) is 0. The van der Waals surface area contributed by atoms with Gasteiger partial charge in [0.15, 0.2) is 0 Å². The third-order valence-electron chi connectivity index (χ3n) is 7.09. The summed E-state index contributed by atoms with van der Waals surface area (Å²) in [6.07, 6.45) is 4.42. The van der Waals surface area contributed by atoms with Crippen LogP contribution in [0, 0.1) is 0 Å². The normalized spacial score (nSPS) is 20.2. The van der Waals surface area contributed by atoms with E-state index in [4.69, 9.17) is 9.39 Å². The number of fused-ring (bicyclic) bond motifs is 4. The lowest BCUT2D eigenvalue weighted by atomic mass is 9.71. The monoisotopic (exact) mass is 424 g/mol. The van der Waals surface area contributed by atoms with Crippen molar-refractivity contribution >= 4 is 18.3 Å². The van der Waals surface area contributed by atoms with Gasteiger partial charge in [-0.2, -0.15) is 0 Å². The lowest BCUT2D eigenvalue weighted by Gasteiger charge is -2.38. The number of hydrogen-bond donors (Lipinski definition) is 1. The van der Waals surface area contributed by atoms with Gasteiger partial charge in [-0.1, -0.05) is 66.1 Å². The molecule has 162 valence electrons. The van der Waals surface area contributed by atoms with E-state index in [1.54, 1.807) is 13.8 Å². The fourth-order valence-corrected chi connectivity index (χ4v) is 4.45. The zero-order valence-electron chi connectivity index (χ0n) is 19.1. The Morgan fingerprint density at radius 1 is 0.906 bits per heavy atom. The fourth-order valence-electron chi connectivity index (χ4n) is 4.45. The van der Waals surface area contributed by atoms with Crippen LogP contribution in [0.4, 0.5) is 0 Å². The third kappa shape index (κ3) is 3.68. The molecule has 2 unspecified atom stereocenters. The first-order valence-electron chi connectivity index (χ1n) is 11.3. The van der Waals surface area contributed by atoms with Crippen molar-refractivity contribution in [1.82, 2.24) is 0 Å². The minimum atomic E-state index is -0.947. The highest BCUT2D eigenvalue weighted by atomic mass is 16.5. The van der Waals surface area contributed by atoms with Crippen LogP contribution >= 0.6 is 0 Å². The van der Waals surface area contributed by atoms with Crippen LogP contribution in [0.2, 0.25) is 0 Å². The van der Waals surface area contributed by atoms with Crippen LogP contribution in [0.5, 0.6) is 5.75 Å². The van der Waals surface area contributed by atoms with Gasteiger partial charge < -0.3 is 14.5 Å². The Morgan fingerprint density at radius 2 is 1.56 bits per heavy atom. The minimum absolute atomic E-state index is 0.142. The quantitative estimate of drug-likeness (QED) is 0.527. The van der Waals surface area contributed by atoms with E-state index in [1.807, 2.05) is 13.8 Å². The van der Waals surface area contributed by atoms with Crippen LogP contribution in [0.1, 0.15) is 50.7 Å². The van der Waals surface area contributed by atoms with Gasteiger partial charge in [-0.05, 0) is 62.2 Å². The Morgan fingerprint density at radius 3 is 2.25 bits per heavy atom. The van der Waals surface area contributed by atoms with E-state index < -0.39 is 11.2 Å². The Balaban J connectivity index is 1.54. The zero-order chi connectivity index (χ0) is 22.5. The SMILES string of the molecule is CC(C)(O)C(C)(C)OBC1=CC(c2ccccc2)C2C(=C1)Oc1cc3ccccc3cc12. The fraction of sp³-hybridized carbons (Fsp3) is 0.286. The van der Waals surface area contributed by atoms with Crippen molar-refractivity contribution in [1.29, 1.82) is 0 Å². The van der Waals surface area contributed by atoms with Crippen molar-refractivity contribution in [2.24, 2.45) is 0 Å². The largest absolute Gasteiger partial charge is 0.461 e. The Bertz CT molecular complexity index is 1220. The second-order valence-electron chi connectivity index (χ2n) is 9.90. The van der Waals surface area contributed by atoms with Gasteiger partial charge in [0.2, 0.25) is 0 Å². The van der Waals surface area contributed by atoms with Crippen molar-refractivity contribution in [3.63, 3.8) is 0 Å². The van der Waals surface area contributed by atoms with Gasteiger partial charge in [-0.15, -0.1) is 0 Å². The first kappa shape index (κ1) is 21.1. The summed E-state index contributed by atoms with van der Waals surface area (Å²) in [6.45, 7) is 7.42. The van der Waals surface area contributed by atoms with Gasteiger partial charge >= 0.3 is 7.48 Å². The maximum Gasteiger partial charge on any atom is 0.309 e. The van der Waals surface area contributed by atoms with Crippen LogP contribution in [0.3, 0.4) is 0 Å². The highest BCUT2D eigenvalue weighted by molar-refractivity contribution is 6.39. The van der Waals surface area contributed by atoms with E-state index >= 15 is 0 Å². The molecule has 0 fully saturated rings. The molecule has 5 rings (SSSR count). The molecule has 1 N–H and O–H groups in total. The number of benzene rings is 3. The van der Waals surface area contributed by atoms with E-state index in [0.29, 0.717) is 7.48 Å². The summed E-state index contributed by atoms with van der Waals surface area (Å²) in [6, 6.07) is 23.4. The summed E-state index contributed by atoms with van der Waals surface area (Å²) in [5, 5.41) is 12.9. The summed E-state index contributed by atoms with van der Waals surface area (Å²) in [7, 11) is 0.415. The van der Waals surface area contributed by atoms with E-state index in [-0.39, 0.29) is 11.8 Å². The molecule has 1 aliphatic carbocycles. The van der Waals surface area contributed by atoms with E-state index in [0.717, 1.165) is 17.0 Å². The molecular weight excluding hydrogens is 395 g/mol. The molecule has 4 heteroatoms. The van der Waals surface area contributed by atoms with E-state index in [2.05, 4.69) is 78.9 Å². The highest BCUT2D eigenvalue weighted by Crippen LogP contribution is 2.52. The average molecular weight is 424 g/mol. The summed E-state index contributed by atoms with van der Waals surface area (Å²) in [5.41, 5.74) is 1.93. The molecule has 0 saturated carbocycles. The van der Waals surface area contributed by atoms with Crippen molar-refractivity contribution in [3.05, 3.63) is 101 Å². The first-order valence-corrected chi connectivity index (χ1v) is 11.3. The van der Waals surface area contributed by atoms with E-state index in [1.165, 1.54) is 21.9 Å². The molecule has 1 aliphatic heterocycles. The van der Waals surface area contributed by atoms with Crippen molar-refractivity contribution < 1.29 is 14.5 Å².